The van der Waals surface area contributed by atoms with Crippen LogP contribution >= 0.6 is 11.8 Å². The molecule has 0 aliphatic carbocycles. The zero-order valence-electron chi connectivity index (χ0n) is 19.3. The smallest absolute Gasteiger partial charge is 0.230 e. The van der Waals surface area contributed by atoms with Crippen molar-refractivity contribution in [2.75, 3.05) is 19.4 Å². The van der Waals surface area contributed by atoms with Gasteiger partial charge in [-0.2, -0.15) is 5.10 Å². The van der Waals surface area contributed by atoms with E-state index < -0.39 is 0 Å². The molecule has 4 rings (SSSR count). The minimum Gasteiger partial charge on any atom is -0.496 e. The summed E-state index contributed by atoms with van der Waals surface area (Å²) < 4.78 is 7.40. The average molecular weight is 461 g/mol. The van der Waals surface area contributed by atoms with Crippen LogP contribution in [0.25, 0.3) is 16.8 Å². The maximum Gasteiger partial charge on any atom is 0.230 e. The van der Waals surface area contributed by atoms with E-state index in [1.807, 2.05) is 66.9 Å². The summed E-state index contributed by atoms with van der Waals surface area (Å²) in [6.45, 7) is 6.65. The summed E-state index contributed by atoms with van der Waals surface area (Å²) >= 11 is 1.46. The van der Waals surface area contributed by atoms with Gasteiger partial charge in [-0.1, -0.05) is 67.2 Å². The van der Waals surface area contributed by atoms with E-state index >= 15 is 0 Å². The number of nitrogens with one attached hydrogen (secondary N) is 1. The first-order valence-corrected chi connectivity index (χ1v) is 11.9. The molecule has 0 bridgehead atoms. The van der Waals surface area contributed by atoms with Gasteiger partial charge in [0.15, 0.2) is 5.65 Å². The highest BCUT2D eigenvalue weighted by Gasteiger charge is 2.19. The molecule has 0 aliphatic heterocycles. The van der Waals surface area contributed by atoms with Crippen molar-refractivity contribution in [3.8, 4) is 16.9 Å². The van der Waals surface area contributed by atoms with Gasteiger partial charge in [0.25, 0.3) is 0 Å². The largest absolute Gasteiger partial charge is 0.496 e. The second-order valence-electron chi connectivity index (χ2n) is 8.04. The number of para-hydroxylation sites is 1. The van der Waals surface area contributed by atoms with Crippen molar-refractivity contribution >= 4 is 23.3 Å². The van der Waals surface area contributed by atoms with Crippen LogP contribution < -0.4 is 10.1 Å². The normalized spacial score (nSPS) is 12.0. The predicted molar refractivity (Wildman–Crippen MR) is 133 cm³/mol. The average Bonchev–Trinajstić information content (AvgIpc) is 3.16. The van der Waals surface area contributed by atoms with Gasteiger partial charge in [0, 0.05) is 17.8 Å². The third-order valence-electron chi connectivity index (χ3n) is 5.56. The molecule has 2 aromatic carbocycles. The quantitative estimate of drug-likeness (QED) is 0.295. The van der Waals surface area contributed by atoms with Crippen LogP contribution in [0.3, 0.4) is 0 Å². The van der Waals surface area contributed by atoms with Crippen molar-refractivity contribution < 1.29 is 9.53 Å². The number of aryl methyl sites for hydroxylation is 2. The first-order chi connectivity index (χ1) is 16.0. The summed E-state index contributed by atoms with van der Waals surface area (Å²) in [5.74, 6) is 1.34. The van der Waals surface area contributed by atoms with E-state index in [2.05, 4.69) is 24.4 Å². The van der Waals surface area contributed by atoms with E-state index in [4.69, 9.17) is 14.8 Å². The fourth-order valence-electron chi connectivity index (χ4n) is 3.84. The number of benzene rings is 2. The van der Waals surface area contributed by atoms with Crippen molar-refractivity contribution in [3.63, 3.8) is 0 Å². The van der Waals surface area contributed by atoms with Crippen molar-refractivity contribution in [3.05, 3.63) is 77.6 Å². The van der Waals surface area contributed by atoms with Gasteiger partial charge in [-0.15, -0.1) is 0 Å². The lowest BCUT2D eigenvalue weighted by molar-refractivity contribution is -0.118. The predicted octanol–water partition coefficient (Wildman–Crippen LogP) is 5.03. The molecule has 1 N–H and O–H groups in total. The van der Waals surface area contributed by atoms with E-state index in [0.29, 0.717) is 12.3 Å². The summed E-state index contributed by atoms with van der Waals surface area (Å²) in [6, 6.07) is 20.1. The van der Waals surface area contributed by atoms with Gasteiger partial charge >= 0.3 is 0 Å². The fraction of sp³-hybridized carbons (Fsp3) is 0.269. The van der Waals surface area contributed by atoms with Crippen LogP contribution in [0.5, 0.6) is 5.75 Å². The number of hydrogen-bond acceptors (Lipinski definition) is 5. The summed E-state index contributed by atoms with van der Waals surface area (Å²) in [5, 5.41) is 8.68. The molecular weight excluding hydrogens is 432 g/mol. The number of fused-ring (bicyclic) bond motifs is 1. The van der Waals surface area contributed by atoms with Crippen molar-refractivity contribution in [2.24, 2.45) is 0 Å². The molecule has 2 heterocycles. The van der Waals surface area contributed by atoms with E-state index in [0.717, 1.165) is 38.9 Å². The lowest BCUT2D eigenvalue weighted by Crippen LogP contribution is -2.29. The molecule has 0 spiro atoms. The van der Waals surface area contributed by atoms with E-state index in [1.165, 1.54) is 17.3 Å². The third kappa shape index (κ3) is 5.03. The maximum absolute atomic E-state index is 12.6. The second-order valence-corrected chi connectivity index (χ2v) is 9.03. The number of carbonyl (C=O) groups excluding carboxylic acids is 1. The third-order valence-corrected chi connectivity index (χ3v) is 6.55. The molecule has 0 aliphatic rings. The number of amides is 1. The van der Waals surface area contributed by atoms with Crippen molar-refractivity contribution in [1.82, 2.24) is 19.9 Å². The molecule has 33 heavy (non-hydrogen) atoms. The molecule has 1 atom stereocenters. The molecule has 0 saturated heterocycles. The summed E-state index contributed by atoms with van der Waals surface area (Å²) in [6.07, 6.45) is 0. The molecule has 6 nitrogen and oxygen atoms in total. The zero-order valence-corrected chi connectivity index (χ0v) is 20.1. The Morgan fingerprint density at radius 3 is 2.61 bits per heavy atom. The minimum absolute atomic E-state index is 0.000716. The molecule has 1 amide bonds. The van der Waals surface area contributed by atoms with Gasteiger partial charge in [0.1, 0.15) is 10.8 Å². The number of hydrogen-bond donors (Lipinski definition) is 1. The number of aromatic nitrogens is 3. The summed E-state index contributed by atoms with van der Waals surface area (Å²) in [4.78, 5) is 17.3. The Bertz CT molecular complexity index is 1270. The maximum atomic E-state index is 12.6. The molecule has 7 heteroatoms. The molecule has 1 unspecified atom stereocenters. The topological polar surface area (TPSA) is 68.5 Å². The van der Waals surface area contributed by atoms with Gasteiger partial charge in [0.2, 0.25) is 5.91 Å². The fourth-order valence-corrected chi connectivity index (χ4v) is 4.72. The lowest BCUT2D eigenvalue weighted by Gasteiger charge is -2.13. The highest BCUT2D eigenvalue weighted by Crippen LogP contribution is 2.35. The SMILES string of the molecule is COc1ccccc1-c1c(C)nn2c(SCC(=O)NCC(C)c3ccccc3)cc(C)nc12. The van der Waals surface area contributed by atoms with Gasteiger partial charge in [-0.25, -0.2) is 9.50 Å². The summed E-state index contributed by atoms with van der Waals surface area (Å²) in [5.41, 5.74) is 5.61. The van der Waals surface area contributed by atoms with Gasteiger partial charge in [-0.05, 0) is 37.5 Å². The Morgan fingerprint density at radius 1 is 1.12 bits per heavy atom. The number of rotatable bonds is 8. The second kappa shape index (κ2) is 10.1. The Kier molecular flexibility index (Phi) is 6.99. The number of methoxy groups -OCH3 is 1. The summed E-state index contributed by atoms with van der Waals surface area (Å²) in [7, 11) is 1.66. The number of ether oxygens (including phenoxy) is 1. The lowest BCUT2D eigenvalue weighted by atomic mass is 10.0. The van der Waals surface area contributed by atoms with Crippen LogP contribution in [-0.4, -0.2) is 39.9 Å². The molecule has 4 aromatic rings. The van der Waals surface area contributed by atoms with Gasteiger partial charge in [-0.3, -0.25) is 4.79 Å². The van der Waals surface area contributed by atoms with Crippen LogP contribution in [0.1, 0.15) is 29.8 Å². The van der Waals surface area contributed by atoms with Crippen LogP contribution in [0.4, 0.5) is 0 Å². The molecule has 0 fully saturated rings. The Morgan fingerprint density at radius 2 is 1.85 bits per heavy atom. The molecule has 2 aromatic heterocycles. The Balaban J connectivity index is 1.52. The number of nitrogens with zero attached hydrogens (tertiary/aromatic N) is 3. The Hall–Kier alpha value is -3.32. The minimum atomic E-state index is -0.000716. The van der Waals surface area contributed by atoms with E-state index in [-0.39, 0.29) is 11.8 Å². The van der Waals surface area contributed by atoms with Gasteiger partial charge < -0.3 is 10.1 Å². The van der Waals surface area contributed by atoms with Crippen molar-refractivity contribution in [1.29, 1.82) is 0 Å². The van der Waals surface area contributed by atoms with Crippen LogP contribution in [0, 0.1) is 13.8 Å². The van der Waals surface area contributed by atoms with Crippen LogP contribution in [0.2, 0.25) is 0 Å². The van der Waals surface area contributed by atoms with Crippen molar-refractivity contribution in [2.45, 2.75) is 31.7 Å². The van der Waals surface area contributed by atoms with Gasteiger partial charge in [0.05, 0.1) is 24.1 Å². The number of thioether (sulfide) groups is 1. The first-order valence-electron chi connectivity index (χ1n) is 10.9. The number of carbonyl (C=O) groups is 1. The molecular formula is C26H28N4O2S. The highest BCUT2D eigenvalue weighted by molar-refractivity contribution is 7.99. The van der Waals surface area contributed by atoms with E-state index in [1.54, 1.807) is 7.11 Å². The van der Waals surface area contributed by atoms with E-state index in [9.17, 15) is 4.79 Å². The van der Waals surface area contributed by atoms with Crippen LogP contribution in [0.15, 0.2) is 65.7 Å². The molecule has 170 valence electrons. The molecule has 0 radical (unpaired) electrons. The Labute approximate surface area is 198 Å². The standard InChI is InChI=1S/C26H28N4O2S/c1-17(20-10-6-5-7-11-20)15-27-23(31)16-33-24-14-18(2)28-26-25(19(3)29-30(24)26)21-12-8-9-13-22(21)32-4/h5-14,17H,15-16H2,1-4H3,(H,27,31). The molecule has 0 saturated carbocycles. The highest BCUT2D eigenvalue weighted by atomic mass is 32.2. The van der Waals surface area contributed by atoms with Crippen LogP contribution in [-0.2, 0) is 4.79 Å². The first kappa shape index (κ1) is 22.9. The monoisotopic (exact) mass is 460 g/mol. The zero-order chi connectivity index (χ0) is 23.4.